The van der Waals surface area contributed by atoms with Gasteiger partial charge in [0.15, 0.2) is 0 Å². The molecule has 21 heavy (non-hydrogen) atoms. The third kappa shape index (κ3) is 2.89. The third-order valence-electron chi connectivity index (χ3n) is 6.26. The molecule has 3 rings (SSSR count). The molecular weight excluding hydrogens is 256 g/mol. The minimum absolute atomic E-state index is 0.449. The number of hydrogen-bond donors (Lipinski definition) is 1. The van der Waals surface area contributed by atoms with Gasteiger partial charge in [0, 0.05) is 25.2 Å². The maximum Gasteiger partial charge on any atom is 0.0210 e. The molecule has 1 saturated heterocycles. The summed E-state index contributed by atoms with van der Waals surface area (Å²) >= 11 is 0. The van der Waals surface area contributed by atoms with Gasteiger partial charge in [0.1, 0.15) is 0 Å². The Labute approximate surface area is 129 Å². The van der Waals surface area contributed by atoms with E-state index >= 15 is 0 Å². The van der Waals surface area contributed by atoms with Crippen LogP contribution in [0.1, 0.15) is 39.7 Å². The molecule has 0 spiro atoms. The summed E-state index contributed by atoms with van der Waals surface area (Å²) < 4.78 is 0. The molecule has 0 aromatic heterocycles. The highest BCUT2D eigenvalue weighted by Gasteiger charge is 2.65. The number of nitrogens with zero attached hydrogens (tertiary/aromatic N) is 1. The third-order valence-corrected chi connectivity index (χ3v) is 6.26. The lowest BCUT2D eigenvalue weighted by atomic mass is 10.0. The van der Waals surface area contributed by atoms with Crippen molar-refractivity contribution in [3.8, 4) is 0 Å². The second-order valence-corrected chi connectivity index (χ2v) is 8.06. The normalized spacial score (nSPS) is 27.9. The highest BCUT2D eigenvalue weighted by Crippen LogP contribution is 2.62. The van der Waals surface area contributed by atoms with Crippen LogP contribution in [-0.2, 0) is 6.42 Å². The topological polar surface area (TPSA) is 15.3 Å². The van der Waals surface area contributed by atoms with Gasteiger partial charge in [0.2, 0.25) is 0 Å². The van der Waals surface area contributed by atoms with Crippen LogP contribution in [0.4, 0.5) is 0 Å². The number of likely N-dealkylation sites (tertiary alicyclic amines) is 1. The summed E-state index contributed by atoms with van der Waals surface area (Å²) in [6, 6.07) is 12.2. The fraction of sp³-hybridized carbons (Fsp3) is 0.684. The lowest BCUT2D eigenvalue weighted by Crippen LogP contribution is -2.37. The van der Waals surface area contributed by atoms with Gasteiger partial charge < -0.3 is 10.2 Å². The first kappa shape index (κ1) is 15.1. The van der Waals surface area contributed by atoms with E-state index in [-0.39, 0.29) is 0 Å². The van der Waals surface area contributed by atoms with Crippen LogP contribution in [0.25, 0.3) is 0 Å². The molecule has 2 aliphatic rings. The molecule has 0 amide bonds. The van der Waals surface area contributed by atoms with Gasteiger partial charge in [-0.15, -0.1) is 0 Å². The molecular formula is C19H30N2. The Morgan fingerprint density at radius 2 is 1.76 bits per heavy atom. The molecule has 1 aromatic rings. The average Bonchev–Trinajstić information content (AvgIpc) is 2.82. The molecule has 1 aliphatic heterocycles. The molecule has 1 N–H and O–H groups in total. The summed E-state index contributed by atoms with van der Waals surface area (Å²) in [5.74, 6) is 0. The minimum Gasteiger partial charge on any atom is -0.309 e. The Bertz CT molecular complexity index is 464. The van der Waals surface area contributed by atoms with Gasteiger partial charge in [-0.25, -0.2) is 0 Å². The molecule has 1 aliphatic carbocycles. The predicted octanol–water partition coefficient (Wildman–Crippen LogP) is 3.33. The van der Waals surface area contributed by atoms with E-state index in [0.717, 1.165) is 0 Å². The Morgan fingerprint density at radius 3 is 2.38 bits per heavy atom. The lowest BCUT2D eigenvalue weighted by molar-refractivity contribution is 0.328. The van der Waals surface area contributed by atoms with Crippen molar-refractivity contribution in [2.24, 2.45) is 10.8 Å². The Balaban J connectivity index is 1.44. The summed E-state index contributed by atoms with van der Waals surface area (Å²) in [7, 11) is 0. The van der Waals surface area contributed by atoms with Crippen LogP contribution in [0.2, 0.25) is 0 Å². The summed E-state index contributed by atoms with van der Waals surface area (Å²) in [5, 5.41) is 3.92. The zero-order valence-corrected chi connectivity index (χ0v) is 14.0. The number of benzene rings is 1. The van der Waals surface area contributed by atoms with E-state index < -0.39 is 0 Å². The summed E-state index contributed by atoms with van der Waals surface area (Å²) in [6.07, 6.45) is 2.48. The van der Waals surface area contributed by atoms with Crippen molar-refractivity contribution in [3.05, 3.63) is 35.9 Å². The van der Waals surface area contributed by atoms with Crippen LogP contribution >= 0.6 is 0 Å². The van der Waals surface area contributed by atoms with Crippen molar-refractivity contribution in [2.45, 2.75) is 52.6 Å². The van der Waals surface area contributed by atoms with Gasteiger partial charge in [0.25, 0.3) is 0 Å². The van der Waals surface area contributed by atoms with Crippen LogP contribution in [0.3, 0.4) is 0 Å². The zero-order chi connectivity index (χ0) is 15.1. The van der Waals surface area contributed by atoms with Crippen molar-refractivity contribution >= 4 is 0 Å². The van der Waals surface area contributed by atoms with Crippen LogP contribution in [0, 0.1) is 10.8 Å². The van der Waals surface area contributed by atoms with Crippen molar-refractivity contribution < 1.29 is 0 Å². The fourth-order valence-electron chi connectivity index (χ4n) is 3.95. The van der Waals surface area contributed by atoms with E-state index in [0.29, 0.717) is 22.9 Å². The van der Waals surface area contributed by atoms with Crippen molar-refractivity contribution in [1.82, 2.24) is 10.2 Å². The van der Waals surface area contributed by atoms with Gasteiger partial charge >= 0.3 is 0 Å². The first-order chi connectivity index (χ1) is 9.91. The minimum atomic E-state index is 0.449. The summed E-state index contributed by atoms with van der Waals surface area (Å²) in [6.45, 7) is 13.2. The number of hydrogen-bond acceptors (Lipinski definition) is 2. The first-order valence-corrected chi connectivity index (χ1v) is 8.43. The van der Waals surface area contributed by atoms with E-state index in [1.54, 1.807) is 0 Å². The molecule has 2 heteroatoms. The Kier molecular flexibility index (Phi) is 3.87. The first-order valence-electron chi connectivity index (χ1n) is 8.43. The van der Waals surface area contributed by atoms with E-state index in [1.165, 1.54) is 38.0 Å². The zero-order valence-electron chi connectivity index (χ0n) is 14.0. The monoisotopic (exact) mass is 286 g/mol. The second-order valence-electron chi connectivity index (χ2n) is 8.06. The molecule has 1 atom stereocenters. The molecule has 0 radical (unpaired) electrons. The quantitative estimate of drug-likeness (QED) is 0.893. The lowest BCUT2D eigenvalue weighted by Gasteiger charge is -2.17. The fourth-order valence-corrected chi connectivity index (χ4v) is 3.95. The number of nitrogens with one attached hydrogen (secondary N) is 1. The van der Waals surface area contributed by atoms with Crippen LogP contribution in [-0.4, -0.2) is 36.6 Å². The summed E-state index contributed by atoms with van der Waals surface area (Å²) in [4.78, 5) is 2.62. The van der Waals surface area contributed by atoms with Gasteiger partial charge in [-0.2, -0.15) is 0 Å². The number of rotatable bonds is 5. The van der Waals surface area contributed by atoms with Crippen molar-refractivity contribution in [2.75, 3.05) is 19.6 Å². The molecule has 1 aromatic carbocycles. The SMILES string of the molecule is CC1(C)C(NC2CCN(CCc3ccccc3)C2)C1(C)C. The summed E-state index contributed by atoms with van der Waals surface area (Å²) in [5.41, 5.74) is 2.35. The van der Waals surface area contributed by atoms with E-state index in [4.69, 9.17) is 0 Å². The maximum absolute atomic E-state index is 3.92. The molecule has 1 unspecified atom stereocenters. The largest absolute Gasteiger partial charge is 0.309 e. The standard InChI is InChI=1S/C19H30N2/c1-18(2)17(19(18,3)4)20-16-11-13-21(14-16)12-10-15-8-6-5-7-9-15/h5-9,16-17,20H,10-14H2,1-4H3. The molecule has 1 saturated carbocycles. The second kappa shape index (κ2) is 5.40. The van der Waals surface area contributed by atoms with Gasteiger partial charge in [-0.1, -0.05) is 58.0 Å². The Morgan fingerprint density at radius 1 is 1.10 bits per heavy atom. The Hall–Kier alpha value is -0.860. The smallest absolute Gasteiger partial charge is 0.0210 e. The molecule has 116 valence electrons. The molecule has 2 nitrogen and oxygen atoms in total. The highest BCUT2D eigenvalue weighted by atomic mass is 15.2. The molecule has 1 heterocycles. The molecule has 2 fully saturated rings. The maximum atomic E-state index is 3.92. The van der Waals surface area contributed by atoms with E-state index in [2.05, 4.69) is 68.2 Å². The van der Waals surface area contributed by atoms with Crippen LogP contribution in [0.5, 0.6) is 0 Å². The predicted molar refractivity (Wildman–Crippen MR) is 89.5 cm³/mol. The van der Waals surface area contributed by atoms with E-state index in [1.807, 2.05) is 0 Å². The average molecular weight is 286 g/mol. The van der Waals surface area contributed by atoms with Crippen LogP contribution in [0.15, 0.2) is 30.3 Å². The van der Waals surface area contributed by atoms with Crippen molar-refractivity contribution in [3.63, 3.8) is 0 Å². The molecule has 0 bridgehead atoms. The van der Waals surface area contributed by atoms with Gasteiger partial charge in [0.05, 0.1) is 0 Å². The highest BCUT2D eigenvalue weighted by molar-refractivity contribution is 5.19. The van der Waals surface area contributed by atoms with Crippen LogP contribution < -0.4 is 5.32 Å². The van der Waals surface area contributed by atoms with E-state index in [9.17, 15) is 0 Å². The van der Waals surface area contributed by atoms with Gasteiger partial charge in [-0.3, -0.25) is 0 Å². The van der Waals surface area contributed by atoms with Gasteiger partial charge in [-0.05, 0) is 35.8 Å². The van der Waals surface area contributed by atoms with Crippen molar-refractivity contribution in [1.29, 1.82) is 0 Å².